The number of halogens is 2. The zero-order valence-corrected chi connectivity index (χ0v) is 15.0. The third-order valence-corrected chi connectivity index (χ3v) is 4.51. The summed E-state index contributed by atoms with van der Waals surface area (Å²) in [6, 6.07) is 2.32. The smallest absolute Gasteiger partial charge is 0.257 e. The molecule has 1 aliphatic rings. The lowest BCUT2D eigenvalue weighted by Crippen LogP contribution is -2.56. The molecule has 2 amide bonds. The van der Waals surface area contributed by atoms with Crippen molar-refractivity contribution in [3.8, 4) is 0 Å². The van der Waals surface area contributed by atoms with Crippen LogP contribution in [0.5, 0.6) is 0 Å². The van der Waals surface area contributed by atoms with Crippen LogP contribution in [0.4, 0.5) is 8.78 Å². The van der Waals surface area contributed by atoms with Crippen molar-refractivity contribution in [2.24, 2.45) is 5.92 Å². The lowest BCUT2D eigenvalue weighted by atomic mass is 10.0. The molecule has 0 spiro atoms. The van der Waals surface area contributed by atoms with Gasteiger partial charge in [-0.3, -0.25) is 14.5 Å². The lowest BCUT2D eigenvalue weighted by molar-refractivity contribution is -0.136. The van der Waals surface area contributed by atoms with Crippen LogP contribution in [0.2, 0.25) is 0 Å². The van der Waals surface area contributed by atoms with Crippen molar-refractivity contribution in [3.05, 3.63) is 35.4 Å². The molecule has 144 valence electrons. The number of nitrogens with zero attached hydrogens (tertiary/aromatic N) is 2. The van der Waals surface area contributed by atoms with Crippen molar-refractivity contribution < 1.29 is 23.5 Å². The molecule has 6 nitrogen and oxygen atoms in total. The highest BCUT2D eigenvalue weighted by Crippen LogP contribution is 2.15. The van der Waals surface area contributed by atoms with Gasteiger partial charge in [0.25, 0.3) is 5.91 Å². The average Bonchev–Trinajstić information content (AvgIpc) is 2.59. The zero-order chi connectivity index (χ0) is 19.3. The Bertz CT molecular complexity index is 626. The second kappa shape index (κ2) is 9.05. The number of aliphatic hydroxyl groups is 1. The highest BCUT2D eigenvalue weighted by Gasteiger charge is 2.32. The SMILES string of the molecule is CC(C)C(NC(=O)c1c(F)cccc1F)C(=O)N1CCN(CCO)CC1. The van der Waals surface area contributed by atoms with E-state index in [9.17, 15) is 18.4 Å². The highest BCUT2D eigenvalue weighted by molar-refractivity contribution is 5.98. The van der Waals surface area contributed by atoms with E-state index < -0.39 is 29.1 Å². The number of carbonyl (C=O) groups is 2. The summed E-state index contributed by atoms with van der Waals surface area (Å²) < 4.78 is 27.6. The van der Waals surface area contributed by atoms with Gasteiger partial charge in [0.05, 0.1) is 6.61 Å². The minimum atomic E-state index is -0.963. The molecule has 0 aromatic heterocycles. The molecule has 1 atom stereocenters. The van der Waals surface area contributed by atoms with Crippen LogP contribution in [-0.4, -0.2) is 72.1 Å². The van der Waals surface area contributed by atoms with Gasteiger partial charge in [0.2, 0.25) is 5.91 Å². The van der Waals surface area contributed by atoms with E-state index in [0.29, 0.717) is 32.7 Å². The highest BCUT2D eigenvalue weighted by atomic mass is 19.1. The molecule has 0 saturated carbocycles. The molecule has 0 bridgehead atoms. The van der Waals surface area contributed by atoms with E-state index in [1.807, 2.05) is 4.90 Å². The maximum absolute atomic E-state index is 13.8. The third kappa shape index (κ3) is 4.76. The van der Waals surface area contributed by atoms with Crippen molar-refractivity contribution in [3.63, 3.8) is 0 Å². The summed E-state index contributed by atoms with van der Waals surface area (Å²) in [6.07, 6.45) is 0. The summed E-state index contributed by atoms with van der Waals surface area (Å²) >= 11 is 0. The Labute approximate surface area is 151 Å². The Balaban J connectivity index is 2.07. The predicted molar refractivity (Wildman–Crippen MR) is 92.6 cm³/mol. The first-order valence-electron chi connectivity index (χ1n) is 8.72. The Kier molecular flexibility index (Phi) is 7.05. The summed E-state index contributed by atoms with van der Waals surface area (Å²) in [6.45, 7) is 6.37. The van der Waals surface area contributed by atoms with E-state index in [2.05, 4.69) is 5.32 Å². The largest absolute Gasteiger partial charge is 0.395 e. The molecule has 26 heavy (non-hydrogen) atoms. The number of aliphatic hydroxyl groups excluding tert-OH is 1. The van der Waals surface area contributed by atoms with Crippen LogP contribution in [0.3, 0.4) is 0 Å². The summed E-state index contributed by atoms with van der Waals surface area (Å²) in [5.74, 6) is -3.37. The molecule has 8 heteroatoms. The first-order valence-corrected chi connectivity index (χ1v) is 8.72. The number of hydrogen-bond donors (Lipinski definition) is 2. The number of carbonyl (C=O) groups excluding carboxylic acids is 2. The Morgan fingerprint density at radius 1 is 1.15 bits per heavy atom. The molecule has 1 fully saturated rings. The first kappa shape index (κ1) is 20.3. The van der Waals surface area contributed by atoms with Crippen LogP contribution in [0.1, 0.15) is 24.2 Å². The summed E-state index contributed by atoms with van der Waals surface area (Å²) in [7, 11) is 0. The minimum absolute atomic E-state index is 0.0623. The van der Waals surface area contributed by atoms with E-state index in [4.69, 9.17) is 5.11 Å². The molecule has 0 radical (unpaired) electrons. The van der Waals surface area contributed by atoms with E-state index in [0.717, 1.165) is 12.1 Å². The van der Waals surface area contributed by atoms with E-state index in [-0.39, 0.29) is 18.4 Å². The van der Waals surface area contributed by atoms with Crippen molar-refractivity contribution in [1.82, 2.24) is 15.1 Å². The Morgan fingerprint density at radius 2 is 1.73 bits per heavy atom. The molecule has 1 aromatic carbocycles. The minimum Gasteiger partial charge on any atom is -0.395 e. The van der Waals surface area contributed by atoms with E-state index >= 15 is 0 Å². The molecular weight excluding hydrogens is 344 g/mol. The van der Waals surface area contributed by atoms with Crippen LogP contribution in [0, 0.1) is 17.6 Å². The fourth-order valence-corrected chi connectivity index (χ4v) is 2.97. The molecule has 2 rings (SSSR count). The number of benzene rings is 1. The number of piperazine rings is 1. The zero-order valence-electron chi connectivity index (χ0n) is 15.0. The molecular formula is C18H25F2N3O3. The lowest BCUT2D eigenvalue weighted by Gasteiger charge is -2.37. The maximum Gasteiger partial charge on any atom is 0.257 e. The molecule has 1 heterocycles. The van der Waals surface area contributed by atoms with Gasteiger partial charge in [-0.2, -0.15) is 0 Å². The molecule has 1 saturated heterocycles. The predicted octanol–water partition coefficient (Wildman–Crippen LogP) is 0.856. The van der Waals surface area contributed by atoms with Gasteiger partial charge in [0.15, 0.2) is 0 Å². The fourth-order valence-electron chi connectivity index (χ4n) is 2.97. The second-order valence-corrected chi connectivity index (χ2v) is 6.68. The van der Waals surface area contributed by atoms with Gasteiger partial charge >= 0.3 is 0 Å². The molecule has 1 unspecified atom stereocenters. The topological polar surface area (TPSA) is 72.9 Å². The third-order valence-electron chi connectivity index (χ3n) is 4.51. The van der Waals surface area contributed by atoms with Gasteiger partial charge in [0, 0.05) is 32.7 Å². The van der Waals surface area contributed by atoms with Crippen molar-refractivity contribution in [1.29, 1.82) is 0 Å². The van der Waals surface area contributed by atoms with Crippen LogP contribution in [0.25, 0.3) is 0 Å². The Morgan fingerprint density at radius 3 is 2.23 bits per heavy atom. The van der Waals surface area contributed by atoms with E-state index in [1.165, 1.54) is 6.07 Å². The number of rotatable bonds is 6. The first-order chi connectivity index (χ1) is 12.3. The van der Waals surface area contributed by atoms with Gasteiger partial charge in [-0.05, 0) is 18.1 Å². The summed E-state index contributed by atoms with van der Waals surface area (Å²) in [5.41, 5.74) is -0.682. The molecule has 1 aliphatic heterocycles. The summed E-state index contributed by atoms with van der Waals surface area (Å²) in [5, 5.41) is 11.5. The van der Waals surface area contributed by atoms with Gasteiger partial charge in [-0.25, -0.2) is 8.78 Å². The van der Waals surface area contributed by atoms with Crippen LogP contribution < -0.4 is 5.32 Å². The maximum atomic E-state index is 13.8. The Hall–Kier alpha value is -2.06. The summed E-state index contributed by atoms with van der Waals surface area (Å²) in [4.78, 5) is 28.8. The van der Waals surface area contributed by atoms with Gasteiger partial charge in [0.1, 0.15) is 23.2 Å². The van der Waals surface area contributed by atoms with Crippen LogP contribution in [0.15, 0.2) is 18.2 Å². The van der Waals surface area contributed by atoms with E-state index in [1.54, 1.807) is 18.7 Å². The average molecular weight is 369 g/mol. The van der Waals surface area contributed by atoms with Gasteiger partial charge in [-0.1, -0.05) is 19.9 Å². The van der Waals surface area contributed by atoms with Crippen molar-refractivity contribution in [2.45, 2.75) is 19.9 Å². The van der Waals surface area contributed by atoms with Crippen LogP contribution in [-0.2, 0) is 4.79 Å². The number of hydrogen-bond acceptors (Lipinski definition) is 4. The standard InChI is InChI=1S/C18H25F2N3O3/c1-12(2)16(18(26)23-8-6-22(7-9-23)10-11-24)21-17(25)15-13(19)4-3-5-14(15)20/h3-5,12,16,24H,6-11H2,1-2H3,(H,21,25). The molecule has 2 N–H and O–H groups in total. The number of nitrogens with one attached hydrogen (secondary N) is 1. The normalized spacial score (nSPS) is 16.6. The fraction of sp³-hybridized carbons (Fsp3) is 0.556. The quantitative estimate of drug-likeness (QED) is 0.780. The van der Waals surface area contributed by atoms with Gasteiger partial charge < -0.3 is 15.3 Å². The molecule has 0 aliphatic carbocycles. The monoisotopic (exact) mass is 369 g/mol. The van der Waals surface area contributed by atoms with Crippen molar-refractivity contribution in [2.75, 3.05) is 39.3 Å². The number of amides is 2. The second-order valence-electron chi connectivity index (χ2n) is 6.68. The molecule has 1 aromatic rings. The number of β-amino-alcohol motifs (C(OH)–C–C–N with tert-alkyl or cyclic N) is 1. The van der Waals surface area contributed by atoms with Gasteiger partial charge in [-0.15, -0.1) is 0 Å². The van der Waals surface area contributed by atoms with Crippen LogP contribution >= 0.6 is 0 Å². The van der Waals surface area contributed by atoms with Crippen molar-refractivity contribution >= 4 is 11.8 Å².